The number of carbonyl (C=O) groups excluding carboxylic acids is 2. The van der Waals surface area contributed by atoms with Crippen LogP contribution in [0.1, 0.15) is 31.3 Å². The van der Waals surface area contributed by atoms with E-state index in [1.165, 1.54) is 12.3 Å². The summed E-state index contributed by atoms with van der Waals surface area (Å²) in [6, 6.07) is 3.02. The second-order valence-corrected chi connectivity index (χ2v) is 4.57. The zero-order valence-electron chi connectivity index (χ0n) is 11.7. The van der Waals surface area contributed by atoms with Crippen molar-refractivity contribution in [2.45, 2.75) is 33.0 Å². The molecule has 7 nitrogen and oxygen atoms in total. The molecule has 1 aromatic heterocycles. The van der Waals surface area contributed by atoms with Crippen LogP contribution in [0.25, 0.3) is 0 Å². The van der Waals surface area contributed by atoms with Crippen molar-refractivity contribution >= 4 is 17.7 Å². The lowest BCUT2D eigenvalue weighted by Crippen LogP contribution is -2.31. The van der Waals surface area contributed by atoms with Crippen LogP contribution in [0.5, 0.6) is 0 Å². The molecule has 0 bridgehead atoms. The number of aliphatic hydroxyl groups excluding tert-OH is 1. The summed E-state index contributed by atoms with van der Waals surface area (Å²) in [6.45, 7) is 5.21. The van der Waals surface area contributed by atoms with E-state index in [-0.39, 0.29) is 24.2 Å². The third-order valence-electron chi connectivity index (χ3n) is 2.14. The van der Waals surface area contributed by atoms with Gasteiger partial charge >= 0.3 is 6.09 Å². The Morgan fingerprint density at radius 3 is 2.55 bits per heavy atom. The number of pyridine rings is 1. The summed E-state index contributed by atoms with van der Waals surface area (Å²) in [5.41, 5.74) is 0.635. The second kappa shape index (κ2) is 7.44. The quantitative estimate of drug-likeness (QED) is 0.751. The largest absolute Gasteiger partial charge is 0.447 e. The molecule has 20 heavy (non-hydrogen) atoms. The Hall–Kier alpha value is -2.15. The highest BCUT2D eigenvalue weighted by molar-refractivity contribution is 5.93. The molecule has 1 aromatic rings. The Morgan fingerprint density at radius 1 is 1.35 bits per heavy atom. The number of nitrogens with one attached hydrogen (secondary N) is 2. The number of amides is 2. The van der Waals surface area contributed by atoms with Crippen molar-refractivity contribution in [2.75, 3.05) is 11.9 Å². The minimum Gasteiger partial charge on any atom is -0.447 e. The second-order valence-electron chi connectivity index (χ2n) is 4.57. The number of aromatic nitrogens is 1. The molecule has 0 unspecified atom stereocenters. The molecule has 1 atom stereocenters. The zero-order chi connectivity index (χ0) is 15.1. The molecule has 0 aliphatic heterocycles. The van der Waals surface area contributed by atoms with Gasteiger partial charge in [0.2, 0.25) is 0 Å². The van der Waals surface area contributed by atoms with Gasteiger partial charge < -0.3 is 15.2 Å². The summed E-state index contributed by atoms with van der Waals surface area (Å²) in [6.07, 6.45) is -0.0499. The van der Waals surface area contributed by atoms with E-state index in [9.17, 15) is 9.59 Å². The molecule has 1 heterocycles. The first-order chi connectivity index (χ1) is 9.38. The zero-order valence-corrected chi connectivity index (χ0v) is 11.7. The number of hydrogen-bond donors (Lipinski definition) is 3. The van der Waals surface area contributed by atoms with Gasteiger partial charge in [0.05, 0.1) is 24.1 Å². The third-order valence-corrected chi connectivity index (χ3v) is 2.14. The number of aliphatic hydroxyl groups is 1. The van der Waals surface area contributed by atoms with Gasteiger partial charge in [0.15, 0.2) is 0 Å². The van der Waals surface area contributed by atoms with Gasteiger partial charge in [-0.2, -0.15) is 0 Å². The third kappa shape index (κ3) is 5.66. The number of carbonyl (C=O) groups is 2. The molecule has 0 radical (unpaired) electrons. The molecule has 3 N–H and O–H groups in total. The summed E-state index contributed by atoms with van der Waals surface area (Å²) in [7, 11) is 0. The lowest BCUT2D eigenvalue weighted by Gasteiger charge is -2.10. The first-order valence-corrected chi connectivity index (χ1v) is 6.28. The lowest BCUT2D eigenvalue weighted by molar-refractivity contribution is 0.0919. The van der Waals surface area contributed by atoms with Crippen LogP contribution in [0.3, 0.4) is 0 Å². The van der Waals surface area contributed by atoms with E-state index in [0.29, 0.717) is 5.69 Å². The van der Waals surface area contributed by atoms with Crippen LogP contribution in [0.15, 0.2) is 18.3 Å². The molecule has 0 aliphatic rings. The van der Waals surface area contributed by atoms with Crippen LogP contribution < -0.4 is 10.6 Å². The van der Waals surface area contributed by atoms with Crippen molar-refractivity contribution in [1.29, 1.82) is 0 Å². The average Bonchev–Trinajstić information content (AvgIpc) is 2.35. The number of hydrogen-bond acceptors (Lipinski definition) is 5. The molecular formula is C13H19N3O4. The molecule has 0 fully saturated rings. The topological polar surface area (TPSA) is 101 Å². The Labute approximate surface area is 117 Å². The minimum absolute atomic E-state index is 0.154. The highest BCUT2D eigenvalue weighted by Crippen LogP contribution is 2.07. The molecule has 0 saturated heterocycles. The van der Waals surface area contributed by atoms with Gasteiger partial charge in [-0.25, -0.2) is 9.78 Å². The summed E-state index contributed by atoms with van der Waals surface area (Å²) >= 11 is 0. The number of rotatable bonds is 5. The Morgan fingerprint density at radius 2 is 2.05 bits per heavy atom. The monoisotopic (exact) mass is 281 g/mol. The van der Waals surface area contributed by atoms with E-state index in [4.69, 9.17) is 9.84 Å². The first kappa shape index (κ1) is 15.9. The molecule has 1 rings (SSSR count). The average molecular weight is 281 g/mol. The molecule has 0 aromatic carbocycles. The highest BCUT2D eigenvalue weighted by Gasteiger charge is 2.09. The van der Waals surface area contributed by atoms with E-state index < -0.39 is 12.2 Å². The molecule has 7 heteroatoms. The van der Waals surface area contributed by atoms with Crippen molar-refractivity contribution in [3.05, 3.63) is 24.0 Å². The maximum atomic E-state index is 11.6. The van der Waals surface area contributed by atoms with E-state index in [0.717, 1.165) is 0 Å². The minimum atomic E-state index is -0.620. The van der Waals surface area contributed by atoms with Crippen molar-refractivity contribution in [1.82, 2.24) is 10.3 Å². The van der Waals surface area contributed by atoms with Gasteiger partial charge in [-0.3, -0.25) is 10.1 Å². The van der Waals surface area contributed by atoms with Crippen LogP contribution >= 0.6 is 0 Å². The predicted molar refractivity (Wildman–Crippen MR) is 73.5 cm³/mol. The van der Waals surface area contributed by atoms with Gasteiger partial charge in [0.25, 0.3) is 5.91 Å². The van der Waals surface area contributed by atoms with Gasteiger partial charge in [-0.05, 0) is 32.9 Å². The van der Waals surface area contributed by atoms with Gasteiger partial charge in [0, 0.05) is 6.54 Å². The fourth-order valence-electron chi connectivity index (χ4n) is 1.29. The van der Waals surface area contributed by atoms with E-state index >= 15 is 0 Å². The van der Waals surface area contributed by atoms with Crippen molar-refractivity contribution in [2.24, 2.45) is 0 Å². The van der Waals surface area contributed by atoms with Crippen LogP contribution in [0.2, 0.25) is 0 Å². The van der Waals surface area contributed by atoms with Crippen LogP contribution in [-0.2, 0) is 4.74 Å². The molecular weight excluding hydrogens is 262 g/mol. The van der Waals surface area contributed by atoms with Crippen LogP contribution in [0, 0.1) is 0 Å². The first-order valence-electron chi connectivity index (χ1n) is 6.28. The molecule has 0 spiro atoms. The van der Waals surface area contributed by atoms with Crippen LogP contribution in [0.4, 0.5) is 10.5 Å². The van der Waals surface area contributed by atoms with E-state index in [2.05, 4.69) is 15.6 Å². The number of nitrogens with zero attached hydrogens (tertiary/aromatic N) is 1. The fraction of sp³-hybridized carbons (Fsp3) is 0.462. The summed E-state index contributed by atoms with van der Waals surface area (Å²) in [4.78, 5) is 26.9. The maximum Gasteiger partial charge on any atom is 0.411 e. The Bertz CT molecular complexity index is 457. The number of ether oxygens (including phenoxy) is 1. The standard InChI is InChI=1S/C13H19N3O4/c1-8(2)20-13(19)16-10-4-5-11(14-7-10)12(18)15-6-9(3)17/h4-5,7-9,17H,6H2,1-3H3,(H,15,18)(H,16,19)/t9-/m1/s1. The van der Waals surface area contributed by atoms with E-state index in [1.54, 1.807) is 26.8 Å². The lowest BCUT2D eigenvalue weighted by atomic mass is 10.3. The number of anilines is 1. The Kier molecular flexibility index (Phi) is 5.92. The summed E-state index contributed by atoms with van der Waals surface area (Å²) < 4.78 is 4.91. The molecule has 0 aliphatic carbocycles. The van der Waals surface area contributed by atoms with Gasteiger partial charge in [-0.1, -0.05) is 0 Å². The van der Waals surface area contributed by atoms with Crippen LogP contribution in [-0.4, -0.2) is 40.8 Å². The van der Waals surface area contributed by atoms with Crippen molar-refractivity contribution in [3.63, 3.8) is 0 Å². The maximum absolute atomic E-state index is 11.6. The molecule has 2 amide bonds. The highest BCUT2D eigenvalue weighted by atomic mass is 16.6. The summed E-state index contributed by atoms with van der Waals surface area (Å²) in [5.74, 6) is -0.387. The van der Waals surface area contributed by atoms with Gasteiger partial charge in [-0.15, -0.1) is 0 Å². The fourth-order valence-corrected chi connectivity index (χ4v) is 1.29. The van der Waals surface area contributed by atoms with Crippen molar-refractivity contribution in [3.8, 4) is 0 Å². The smallest absolute Gasteiger partial charge is 0.411 e. The normalized spacial score (nSPS) is 11.8. The van der Waals surface area contributed by atoms with Crippen molar-refractivity contribution < 1.29 is 19.4 Å². The SMILES string of the molecule is CC(C)OC(=O)Nc1ccc(C(=O)NC[C@@H](C)O)nc1. The predicted octanol–water partition coefficient (Wildman–Crippen LogP) is 1.15. The molecule has 110 valence electrons. The van der Waals surface area contributed by atoms with Gasteiger partial charge in [0.1, 0.15) is 5.69 Å². The Balaban J connectivity index is 2.55. The molecule has 0 saturated carbocycles. The van der Waals surface area contributed by atoms with E-state index in [1.807, 2.05) is 0 Å². The summed E-state index contributed by atoms with van der Waals surface area (Å²) in [5, 5.41) is 14.1.